The van der Waals surface area contributed by atoms with Gasteiger partial charge in [0.05, 0.1) is 5.56 Å². The lowest BCUT2D eigenvalue weighted by Gasteiger charge is -2.47. The number of amides is 2. The first-order chi connectivity index (χ1) is 14.9. The first-order valence-corrected chi connectivity index (χ1v) is 12.5. The lowest BCUT2D eigenvalue weighted by atomic mass is 9.75. The molecule has 3 N–H and O–H groups in total. The van der Waals surface area contributed by atoms with Gasteiger partial charge in [0.15, 0.2) is 0 Å². The maximum atomic E-state index is 12.8. The highest BCUT2D eigenvalue weighted by atomic mass is 32.1. The van der Waals surface area contributed by atoms with Crippen molar-refractivity contribution >= 4 is 22.4 Å². The number of nitrogens with one attached hydrogen (secondary N) is 1. The highest BCUT2D eigenvalue weighted by Gasteiger charge is 2.41. The summed E-state index contributed by atoms with van der Waals surface area (Å²) in [5.41, 5.74) is 7.97. The number of carbonyl (C=O) groups is 1. The Labute approximate surface area is 191 Å². The molecular weight excluding hydrogens is 408 g/mol. The van der Waals surface area contributed by atoms with E-state index in [4.69, 9.17) is 5.73 Å². The zero-order chi connectivity index (χ0) is 22.5. The van der Waals surface area contributed by atoms with Crippen LogP contribution >= 0.6 is 11.3 Å². The van der Waals surface area contributed by atoms with Gasteiger partial charge in [-0.25, -0.2) is 4.79 Å². The van der Waals surface area contributed by atoms with Gasteiger partial charge in [-0.1, -0.05) is 20.8 Å². The average molecular weight is 447 g/mol. The van der Waals surface area contributed by atoms with Crippen LogP contribution in [-0.2, 0) is 12.8 Å². The molecule has 8 heteroatoms. The maximum absolute atomic E-state index is 12.8. The molecule has 0 bridgehead atoms. The number of nitrogens with two attached hydrogens (primary N) is 1. The van der Waals surface area contributed by atoms with Gasteiger partial charge in [0.1, 0.15) is 11.1 Å². The SMILES string of the molecule is CCCN1CC(NC(=O)N(C)CCN(CC)CC)CC2Cc3c(sc(N)c3C#N)CC21. The molecule has 3 rings (SSSR count). The van der Waals surface area contributed by atoms with E-state index in [0.717, 1.165) is 70.5 Å². The molecule has 7 nitrogen and oxygen atoms in total. The van der Waals surface area contributed by atoms with Gasteiger partial charge in [-0.2, -0.15) is 5.26 Å². The average Bonchev–Trinajstić information content (AvgIpc) is 3.06. The topological polar surface area (TPSA) is 88.6 Å². The van der Waals surface area contributed by atoms with Gasteiger partial charge in [0.2, 0.25) is 0 Å². The number of likely N-dealkylation sites (tertiary alicyclic amines) is 1. The number of thiophene rings is 1. The number of nitrogen functional groups attached to an aromatic ring is 1. The largest absolute Gasteiger partial charge is 0.389 e. The molecule has 172 valence electrons. The van der Waals surface area contributed by atoms with Gasteiger partial charge in [-0.3, -0.25) is 4.90 Å². The third-order valence-corrected chi connectivity index (χ3v) is 8.06. The van der Waals surface area contributed by atoms with Gasteiger partial charge in [0, 0.05) is 43.6 Å². The van der Waals surface area contributed by atoms with Crippen molar-refractivity contribution < 1.29 is 4.79 Å². The molecule has 1 aliphatic carbocycles. The second-order valence-corrected chi connectivity index (χ2v) is 10.1. The van der Waals surface area contributed by atoms with Crippen molar-refractivity contribution in [3.05, 3.63) is 16.0 Å². The summed E-state index contributed by atoms with van der Waals surface area (Å²) in [6, 6.07) is 2.95. The Morgan fingerprint density at radius 1 is 1.29 bits per heavy atom. The zero-order valence-corrected chi connectivity index (χ0v) is 20.3. The predicted octanol–water partition coefficient (Wildman–Crippen LogP) is 2.75. The number of rotatable bonds is 8. The number of likely N-dealkylation sites (N-methyl/N-ethyl adjacent to an activating group) is 2. The van der Waals surface area contributed by atoms with Gasteiger partial charge in [0.25, 0.3) is 0 Å². The molecule has 3 unspecified atom stereocenters. The van der Waals surface area contributed by atoms with Gasteiger partial charge < -0.3 is 20.9 Å². The number of hydrogen-bond donors (Lipinski definition) is 2. The molecule has 1 aliphatic heterocycles. The highest BCUT2D eigenvalue weighted by molar-refractivity contribution is 7.16. The fourth-order valence-corrected chi connectivity index (χ4v) is 6.28. The molecule has 1 aromatic rings. The molecule has 1 fully saturated rings. The Morgan fingerprint density at radius 2 is 2.03 bits per heavy atom. The van der Waals surface area contributed by atoms with E-state index in [0.29, 0.717) is 22.5 Å². The summed E-state index contributed by atoms with van der Waals surface area (Å²) in [6.07, 6.45) is 3.92. The minimum absolute atomic E-state index is 0.0149. The molecule has 31 heavy (non-hydrogen) atoms. The fourth-order valence-electron chi connectivity index (χ4n) is 5.18. The molecular formula is C23H38N6OS. The van der Waals surface area contributed by atoms with E-state index in [9.17, 15) is 10.1 Å². The van der Waals surface area contributed by atoms with Crippen LogP contribution in [0.2, 0.25) is 0 Å². The summed E-state index contributed by atoms with van der Waals surface area (Å²) in [5.74, 6) is 0.445. The minimum atomic E-state index is 0.0149. The summed E-state index contributed by atoms with van der Waals surface area (Å²) >= 11 is 1.59. The van der Waals surface area contributed by atoms with Crippen LogP contribution in [0.1, 0.15) is 49.6 Å². The number of anilines is 1. The van der Waals surface area contributed by atoms with Crippen LogP contribution in [0.5, 0.6) is 0 Å². The van der Waals surface area contributed by atoms with E-state index in [2.05, 4.69) is 42.0 Å². The number of hydrogen-bond acceptors (Lipinski definition) is 6. The molecule has 0 radical (unpaired) electrons. The van der Waals surface area contributed by atoms with E-state index < -0.39 is 0 Å². The smallest absolute Gasteiger partial charge is 0.317 e. The van der Waals surface area contributed by atoms with Crippen LogP contribution in [0.15, 0.2) is 0 Å². The third-order valence-electron chi connectivity index (χ3n) is 6.98. The summed E-state index contributed by atoms with van der Waals surface area (Å²) in [5, 5.41) is 13.5. The van der Waals surface area contributed by atoms with E-state index in [1.807, 2.05) is 7.05 Å². The lowest BCUT2D eigenvalue weighted by Crippen LogP contribution is -2.59. The highest BCUT2D eigenvalue weighted by Crippen LogP contribution is 2.42. The predicted molar refractivity (Wildman–Crippen MR) is 127 cm³/mol. The lowest BCUT2D eigenvalue weighted by molar-refractivity contribution is 0.0644. The second-order valence-electron chi connectivity index (χ2n) is 8.92. The Kier molecular flexibility index (Phi) is 8.20. The third kappa shape index (κ3) is 5.33. The van der Waals surface area contributed by atoms with Gasteiger partial charge in [-0.05, 0) is 56.8 Å². The molecule has 1 saturated heterocycles. The summed E-state index contributed by atoms with van der Waals surface area (Å²) < 4.78 is 0. The monoisotopic (exact) mass is 446 g/mol. The molecule has 0 aromatic carbocycles. The van der Waals surface area contributed by atoms with Crippen LogP contribution < -0.4 is 11.1 Å². The number of fused-ring (bicyclic) bond motifs is 2. The second kappa shape index (κ2) is 10.7. The zero-order valence-electron chi connectivity index (χ0n) is 19.5. The number of urea groups is 1. The molecule has 2 aliphatic rings. The first-order valence-electron chi connectivity index (χ1n) is 11.7. The summed E-state index contributed by atoms with van der Waals surface area (Å²) in [6.45, 7) is 12.1. The molecule has 0 spiro atoms. The van der Waals surface area contributed by atoms with Crippen LogP contribution in [-0.4, -0.2) is 79.1 Å². The maximum Gasteiger partial charge on any atom is 0.317 e. The van der Waals surface area contributed by atoms with Crippen molar-refractivity contribution in [1.29, 1.82) is 5.26 Å². The van der Waals surface area contributed by atoms with E-state index in [1.54, 1.807) is 16.2 Å². The van der Waals surface area contributed by atoms with Crippen LogP contribution in [0, 0.1) is 17.2 Å². The number of nitrogens with zero attached hydrogens (tertiary/aromatic N) is 4. The van der Waals surface area contributed by atoms with E-state index in [1.165, 1.54) is 4.88 Å². The molecule has 2 amide bonds. The fraction of sp³-hybridized carbons (Fsp3) is 0.739. The van der Waals surface area contributed by atoms with Gasteiger partial charge in [-0.15, -0.1) is 11.3 Å². The van der Waals surface area contributed by atoms with Crippen LogP contribution in [0.3, 0.4) is 0 Å². The molecule has 2 heterocycles. The number of piperidine rings is 1. The Hall–Kier alpha value is -1.82. The Morgan fingerprint density at radius 3 is 2.68 bits per heavy atom. The van der Waals surface area contributed by atoms with Crippen molar-refractivity contribution in [1.82, 2.24) is 20.0 Å². The molecule has 0 saturated carbocycles. The van der Waals surface area contributed by atoms with Crippen molar-refractivity contribution in [2.75, 3.05) is 52.0 Å². The van der Waals surface area contributed by atoms with E-state index in [-0.39, 0.29) is 12.1 Å². The molecule has 3 atom stereocenters. The number of carbonyl (C=O) groups excluding carboxylic acids is 1. The quantitative estimate of drug-likeness (QED) is 0.641. The Bertz CT molecular complexity index is 799. The van der Waals surface area contributed by atoms with Gasteiger partial charge >= 0.3 is 6.03 Å². The number of nitriles is 1. The molecule has 1 aromatic heterocycles. The standard InChI is InChI=1S/C23H38N6OS/c1-5-8-29-15-17(26-23(30)27(4)9-10-28(6-2)7-3)11-16-12-18-19(14-24)22(25)31-21(18)13-20(16)29/h16-17,20H,5-13,15,25H2,1-4H3,(H,26,30). The van der Waals surface area contributed by atoms with Crippen LogP contribution in [0.4, 0.5) is 9.80 Å². The normalized spacial score (nSPS) is 23.2. The van der Waals surface area contributed by atoms with Crippen molar-refractivity contribution in [2.24, 2.45) is 5.92 Å². The van der Waals surface area contributed by atoms with E-state index >= 15 is 0 Å². The Balaban J connectivity index is 1.66. The summed E-state index contributed by atoms with van der Waals surface area (Å²) in [7, 11) is 1.88. The van der Waals surface area contributed by atoms with Crippen molar-refractivity contribution in [2.45, 2.75) is 58.5 Å². The first kappa shape index (κ1) is 23.8. The van der Waals surface area contributed by atoms with Crippen molar-refractivity contribution in [3.63, 3.8) is 0 Å². The summed E-state index contributed by atoms with van der Waals surface area (Å²) in [4.78, 5) is 20.8. The van der Waals surface area contributed by atoms with Crippen molar-refractivity contribution in [3.8, 4) is 6.07 Å². The van der Waals surface area contributed by atoms with Crippen LogP contribution in [0.25, 0.3) is 0 Å². The minimum Gasteiger partial charge on any atom is -0.389 e.